The summed E-state index contributed by atoms with van der Waals surface area (Å²) in [5.74, 6) is 1.51. The van der Waals surface area contributed by atoms with E-state index in [4.69, 9.17) is 23.2 Å². The Balaban J connectivity index is 2.03. The first-order valence-electron chi connectivity index (χ1n) is 6.10. The summed E-state index contributed by atoms with van der Waals surface area (Å²) >= 11 is 11.4. The van der Waals surface area contributed by atoms with Crippen LogP contribution in [0.1, 0.15) is 25.8 Å². The molecule has 0 saturated carbocycles. The fraction of sp³-hybridized carbons (Fsp3) is 0.615. The van der Waals surface area contributed by atoms with Crippen molar-refractivity contribution in [1.82, 2.24) is 10.3 Å². The Labute approximate surface area is 113 Å². The number of hydrogen-bond acceptors (Lipinski definition) is 2. The lowest BCUT2D eigenvalue weighted by molar-refractivity contribution is -0.290. The third kappa shape index (κ3) is 3.12. The van der Waals surface area contributed by atoms with Gasteiger partial charge in [0.2, 0.25) is 5.02 Å². The molecule has 0 aromatic carbocycles. The van der Waals surface area contributed by atoms with Crippen LogP contribution in [0.3, 0.4) is 0 Å². The molecule has 1 saturated heterocycles. The highest BCUT2D eigenvalue weighted by molar-refractivity contribution is 6.31. The van der Waals surface area contributed by atoms with Gasteiger partial charge in [-0.15, -0.1) is 0 Å². The maximum absolute atomic E-state index is 6.15. The molecule has 0 amide bonds. The van der Waals surface area contributed by atoms with Gasteiger partial charge in [-0.3, -0.25) is 4.98 Å². The van der Waals surface area contributed by atoms with Crippen LogP contribution in [0.4, 0.5) is 0 Å². The van der Waals surface area contributed by atoms with Crippen molar-refractivity contribution in [3.8, 4) is 0 Å². The summed E-state index contributed by atoms with van der Waals surface area (Å²) in [6, 6.07) is 0.504. The van der Waals surface area contributed by atoms with Gasteiger partial charge in [0.15, 0.2) is 11.6 Å². The Morgan fingerprint density at radius 3 is 2.88 bits per heavy atom. The molecule has 0 radical (unpaired) electrons. The van der Waals surface area contributed by atoms with Crippen molar-refractivity contribution >= 4 is 11.6 Å². The molecule has 0 aliphatic carbocycles. The minimum absolute atomic E-state index is 0.504. The molecule has 1 aromatic heterocycles. The number of pyridine rings is 1. The molecule has 94 valence electrons. The van der Waals surface area contributed by atoms with Crippen LogP contribution in [0, 0.1) is 23.4 Å². The van der Waals surface area contributed by atoms with E-state index < -0.39 is 0 Å². The molecule has 1 unspecified atom stereocenters. The lowest BCUT2D eigenvalue weighted by Gasteiger charge is -2.13. The summed E-state index contributed by atoms with van der Waals surface area (Å²) in [5.41, 5.74) is 1.07. The Bertz CT molecular complexity index is 373. The van der Waals surface area contributed by atoms with E-state index in [1.165, 1.54) is 6.42 Å². The van der Waals surface area contributed by atoms with Crippen molar-refractivity contribution in [2.24, 2.45) is 11.8 Å². The SMILES string of the molecule is CC(C)C1CN[C@@H](Cc2c(Cl)cncc2[ClH+])C1. The van der Waals surface area contributed by atoms with Gasteiger partial charge in [-0.2, -0.15) is 0 Å². The predicted octanol–water partition coefficient (Wildman–Crippen LogP) is 2.61. The average molecular weight is 274 g/mol. The third-order valence-electron chi connectivity index (χ3n) is 3.61. The van der Waals surface area contributed by atoms with E-state index in [0.717, 1.165) is 35.4 Å². The second kappa shape index (κ2) is 5.55. The Morgan fingerprint density at radius 2 is 2.29 bits per heavy atom. The Morgan fingerprint density at radius 1 is 1.53 bits per heavy atom. The van der Waals surface area contributed by atoms with E-state index in [1.54, 1.807) is 12.4 Å². The van der Waals surface area contributed by atoms with Gasteiger partial charge in [-0.05, 0) is 31.2 Å². The number of rotatable bonds is 3. The van der Waals surface area contributed by atoms with Crippen molar-refractivity contribution in [1.29, 1.82) is 0 Å². The second-order valence-corrected chi connectivity index (χ2v) is 5.99. The van der Waals surface area contributed by atoms with Gasteiger partial charge in [0.05, 0.1) is 11.2 Å². The Hall–Kier alpha value is -0.310. The number of halogens is 2. The Kier molecular flexibility index (Phi) is 4.29. The van der Waals surface area contributed by atoms with Gasteiger partial charge >= 0.3 is 0 Å². The lowest BCUT2D eigenvalue weighted by Crippen LogP contribution is -2.24. The zero-order valence-electron chi connectivity index (χ0n) is 10.2. The van der Waals surface area contributed by atoms with Crippen LogP contribution < -0.4 is 5.32 Å². The van der Waals surface area contributed by atoms with Gasteiger partial charge in [-0.1, -0.05) is 25.4 Å². The fourth-order valence-electron chi connectivity index (χ4n) is 2.40. The number of nitrogens with one attached hydrogen (secondary N) is 1. The standard InChI is InChI=1S/C13H19Cl2N2/c1-8(2)9-3-10(17-5-9)4-11-12(14)6-16-7-13(11)15/h6-10,14,17H,3-5H2,1-2H3/q+1/t9?,10-/m1/s1. The smallest absolute Gasteiger partial charge is 0.248 e. The molecule has 1 aromatic rings. The molecule has 0 bridgehead atoms. The quantitative estimate of drug-likeness (QED) is 0.916. The maximum atomic E-state index is 6.15. The number of hydrogen-bond donors (Lipinski definition) is 1. The van der Waals surface area contributed by atoms with Crippen molar-refractivity contribution in [3.05, 3.63) is 28.0 Å². The second-order valence-electron chi connectivity index (χ2n) is 5.15. The molecule has 1 aliphatic heterocycles. The van der Waals surface area contributed by atoms with E-state index >= 15 is 0 Å². The van der Waals surface area contributed by atoms with Crippen LogP contribution in [0.2, 0.25) is 10.0 Å². The molecule has 0 spiro atoms. The van der Waals surface area contributed by atoms with E-state index in [-0.39, 0.29) is 0 Å². The topological polar surface area (TPSA) is 24.9 Å². The molecule has 4 heteroatoms. The molecule has 1 N–H and O–H groups in total. The predicted molar refractivity (Wildman–Crippen MR) is 68.2 cm³/mol. The van der Waals surface area contributed by atoms with Crippen LogP contribution in [0.5, 0.6) is 0 Å². The first-order valence-corrected chi connectivity index (χ1v) is 6.89. The van der Waals surface area contributed by atoms with E-state index in [2.05, 4.69) is 24.1 Å². The van der Waals surface area contributed by atoms with Crippen molar-refractivity contribution in [2.45, 2.75) is 32.7 Å². The molecule has 2 rings (SSSR count). The highest BCUT2D eigenvalue weighted by atomic mass is 35.5. The zero-order valence-corrected chi connectivity index (χ0v) is 11.8. The summed E-state index contributed by atoms with van der Waals surface area (Å²) < 4.78 is 0. The lowest BCUT2D eigenvalue weighted by atomic mass is 9.92. The molecule has 2 nitrogen and oxygen atoms in total. The van der Waals surface area contributed by atoms with Crippen LogP contribution in [-0.4, -0.2) is 17.6 Å². The van der Waals surface area contributed by atoms with Crippen LogP contribution in [0.25, 0.3) is 0 Å². The highest BCUT2D eigenvalue weighted by Crippen LogP contribution is 2.27. The molecule has 1 aliphatic rings. The van der Waals surface area contributed by atoms with Gasteiger partial charge in [0.25, 0.3) is 0 Å². The highest BCUT2D eigenvalue weighted by Gasteiger charge is 2.28. The molecule has 2 heterocycles. The van der Waals surface area contributed by atoms with Crippen molar-refractivity contribution in [2.75, 3.05) is 6.54 Å². The van der Waals surface area contributed by atoms with E-state index in [9.17, 15) is 0 Å². The minimum atomic E-state index is 0.504. The van der Waals surface area contributed by atoms with Gasteiger partial charge in [-0.25, -0.2) is 0 Å². The van der Waals surface area contributed by atoms with Gasteiger partial charge in [0, 0.05) is 17.8 Å². The fourth-order valence-corrected chi connectivity index (χ4v) is 2.95. The van der Waals surface area contributed by atoms with E-state index in [0.29, 0.717) is 11.1 Å². The van der Waals surface area contributed by atoms with Gasteiger partial charge in [0.1, 0.15) is 0 Å². The van der Waals surface area contributed by atoms with Crippen LogP contribution in [0.15, 0.2) is 12.4 Å². The summed E-state index contributed by atoms with van der Waals surface area (Å²) in [6.45, 7) is 5.68. The minimum Gasteiger partial charge on any atom is -0.313 e. The number of aromatic nitrogens is 1. The monoisotopic (exact) mass is 273 g/mol. The summed E-state index contributed by atoms with van der Waals surface area (Å²) in [5, 5.41) is 5.05. The molecular formula is C13H19Cl2N2+. The van der Waals surface area contributed by atoms with Gasteiger partial charge < -0.3 is 5.32 Å². The molecule has 2 atom stereocenters. The average Bonchev–Trinajstić information content (AvgIpc) is 2.72. The summed E-state index contributed by atoms with van der Waals surface area (Å²) in [7, 11) is 0. The number of nitrogens with zero attached hydrogens (tertiary/aromatic N) is 1. The summed E-state index contributed by atoms with van der Waals surface area (Å²) in [6.07, 6.45) is 5.53. The molecule has 1 fully saturated rings. The first-order chi connectivity index (χ1) is 8.08. The zero-order chi connectivity index (χ0) is 12.4. The van der Waals surface area contributed by atoms with Crippen molar-refractivity contribution < 1.29 is 11.6 Å². The van der Waals surface area contributed by atoms with E-state index in [1.807, 2.05) is 0 Å². The molecular weight excluding hydrogens is 255 g/mol. The van der Waals surface area contributed by atoms with Crippen molar-refractivity contribution in [3.63, 3.8) is 0 Å². The largest absolute Gasteiger partial charge is 0.313 e. The normalized spacial score (nSPS) is 24.5. The van der Waals surface area contributed by atoms with Crippen LogP contribution >= 0.6 is 11.6 Å². The maximum Gasteiger partial charge on any atom is 0.248 e. The first kappa shape index (κ1) is 13.1. The molecule has 17 heavy (non-hydrogen) atoms. The summed E-state index contributed by atoms with van der Waals surface area (Å²) in [4.78, 5) is 4.01. The van der Waals surface area contributed by atoms with Crippen LogP contribution in [-0.2, 0) is 6.42 Å². The third-order valence-corrected chi connectivity index (χ3v) is 4.29.